The van der Waals surface area contributed by atoms with Gasteiger partial charge in [0.2, 0.25) is 0 Å². The Morgan fingerprint density at radius 3 is 2.85 bits per heavy atom. The van der Waals surface area contributed by atoms with Gasteiger partial charge in [0.05, 0.1) is 10.2 Å². The highest BCUT2D eigenvalue weighted by molar-refractivity contribution is 7.13. The van der Waals surface area contributed by atoms with Crippen molar-refractivity contribution in [3.63, 3.8) is 0 Å². The van der Waals surface area contributed by atoms with Crippen LogP contribution in [-0.4, -0.2) is 8.77 Å². The van der Waals surface area contributed by atoms with E-state index in [9.17, 15) is 14.0 Å². The summed E-state index contributed by atoms with van der Waals surface area (Å²) in [6, 6.07) is 1.43. The molecular formula is C14H11FN2O2S. The first-order chi connectivity index (χ1) is 9.58. The number of nitrogens with zero attached hydrogens (tertiary/aromatic N) is 1. The van der Waals surface area contributed by atoms with Crippen molar-refractivity contribution in [3.8, 4) is 0 Å². The third-order valence-electron chi connectivity index (χ3n) is 3.84. The highest BCUT2D eigenvalue weighted by Gasteiger charge is 2.31. The minimum absolute atomic E-state index is 0.152. The van der Waals surface area contributed by atoms with Crippen LogP contribution < -0.4 is 11.1 Å². The first-order valence-corrected chi connectivity index (χ1v) is 7.25. The van der Waals surface area contributed by atoms with Crippen molar-refractivity contribution < 1.29 is 4.39 Å². The summed E-state index contributed by atoms with van der Waals surface area (Å²) in [5, 5.41) is 0.152. The molecule has 0 aromatic carbocycles. The van der Waals surface area contributed by atoms with Crippen LogP contribution in [0.4, 0.5) is 4.39 Å². The first kappa shape index (κ1) is 11.8. The van der Waals surface area contributed by atoms with Crippen molar-refractivity contribution in [2.24, 2.45) is 0 Å². The van der Waals surface area contributed by atoms with Crippen molar-refractivity contribution in [1.82, 2.24) is 8.77 Å². The van der Waals surface area contributed by atoms with Crippen LogP contribution in [0.25, 0.3) is 15.6 Å². The van der Waals surface area contributed by atoms with Gasteiger partial charge in [0.15, 0.2) is 0 Å². The summed E-state index contributed by atoms with van der Waals surface area (Å²) in [5.74, 6) is -0.103. The smallest absolute Gasteiger partial charge is 0.271 e. The molecule has 0 saturated heterocycles. The second kappa shape index (κ2) is 3.79. The number of hydrogen-bond donors (Lipinski definition) is 1. The normalized spacial score (nSPS) is 15.3. The van der Waals surface area contributed by atoms with Gasteiger partial charge in [0.1, 0.15) is 11.2 Å². The fourth-order valence-electron chi connectivity index (χ4n) is 2.86. The molecule has 0 amide bonds. The Kier molecular flexibility index (Phi) is 2.24. The van der Waals surface area contributed by atoms with E-state index in [-0.39, 0.29) is 10.9 Å². The number of aromatic nitrogens is 2. The molecule has 1 fully saturated rings. The molecule has 3 aromatic heterocycles. The number of halogens is 1. The van der Waals surface area contributed by atoms with E-state index in [1.165, 1.54) is 28.2 Å². The summed E-state index contributed by atoms with van der Waals surface area (Å²) < 4.78 is 18.3. The number of hydrogen-bond acceptors (Lipinski definition) is 3. The van der Waals surface area contributed by atoms with Gasteiger partial charge in [-0.25, -0.2) is 4.39 Å². The number of fused-ring (bicyclic) bond motifs is 2. The second-order valence-electron chi connectivity index (χ2n) is 5.29. The summed E-state index contributed by atoms with van der Waals surface area (Å²) in [6.07, 6.45) is 3.27. The molecule has 6 heteroatoms. The van der Waals surface area contributed by atoms with Crippen LogP contribution in [0.2, 0.25) is 0 Å². The highest BCUT2D eigenvalue weighted by Crippen LogP contribution is 2.45. The number of aryl methyl sites for hydroxylation is 1. The maximum atomic E-state index is 13.6. The molecule has 0 aliphatic heterocycles. The minimum atomic E-state index is -0.468. The number of pyridine rings is 2. The zero-order valence-electron chi connectivity index (χ0n) is 10.7. The first-order valence-electron chi connectivity index (χ1n) is 6.43. The van der Waals surface area contributed by atoms with E-state index in [0.29, 0.717) is 5.92 Å². The summed E-state index contributed by atoms with van der Waals surface area (Å²) in [7, 11) is 0. The van der Waals surface area contributed by atoms with Crippen LogP contribution >= 0.6 is 11.5 Å². The van der Waals surface area contributed by atoms with Gasteiger partial charge in [-0.2, -0.15) is 0 Å². The average molecular weight is 290 g/mol. The number of rotatable bonds is 1. The van der Waals surface area contributed by atoms with Crippen molar-refractivity contribution in [1.29, 1.82) is 0 Å². The zero-order chi connectivity index (χ0) is 14.0. The molecule has 0 bridgehead atoms. The van der Waals surface area contributed by atoms with Gasteiger partial charge in [0, 0.05) is 6.20 Å². The van der Waals surface area contributed by atoms with Gasteiger partial charge in [-0.15, -0.1) is 0 Å². The number of aromatic amines is 1. The van der Waals surface area contributed by atoms with E-state index in [0.717, 1.165) is 34.2 Å². The Balaban J connectivity index is 2.38. The molecule has 0 radical (unpaired) electrons. The van der Waals surface area contributed by atoms with Crippen molar-refractivity contribution in [3.05, 3.63) is 49.9 Å². The van der Waals surface area contributed by atoms with Gasteiger partial charge in [-0.1, -0.05) is 11.5 Å². The Morgan fingerprint density at radius 1 is 1.40 bits per heavy atom. The predicted molar refractivity (Wildman–Crippen MR) is 76.3 cm³/mol. The molecule has 20 heavy (non-hydrogen) atoms. The standard InChI is InChI=1S/C14H11FN2O2S/c1-6-4-8(15)5-17-11(6)9(7-2-3-7)12-10(14(17)19)13(18)16-20-12/h4-5,7H,2-3H2,1H3,(H,16,18). The molecule has 4 nitrogen and oxygen atoms in total. The van der Waals surface area contributed by atoms with Gasteiger partial charge < -0.3 is 0 Å². The Bertz CT molecular complexity index is 979. The zero-order valence-corrected chi connectivity index (χ0v) is 11.5. The molecule has 102 valence electrons. The maximum absolute atomic E-state index is 13.6. The molecule has 4 rings (SSSR count). The minimum Gasteiger partial charge on any atom is -0.280 e. The van der Waals surface area contributed by atoms with Gasteiger partial charge >= 0.3 is 0 Å². The lowest BCUT2D eigenvalue weighted by atomic mass is 10.0. The molecule has 1 aliphatic rings. The molecule has 1 saturated carbocycles. The summed E-state index contributed by atoms with van der Waals surface area (Å²) >= 11 is 1.21. The van der Waals surface area contributed by atoms with E-state index in [1.54, 1.807) is 6.92 Å². The number of H-pyrrole nitrogens is 1. The van der Waals surface area contributed by atoms with E-state index >= 15 is 0 Å². The Morgan fingerprint density at radius 2 is 2.15 bits per heavy atom. The molecule has 0 unspecified atom stereocenters. The SMILES string of the molecule is Cc1cc(F)cn2c(=O)c3c(=O)[nH]sc3c(C3CC3)c12. The molecule has 1 N–H and O–H groups in total. The lowest BCUT2D eigenvalue weighted by molar-refractivity contribution is 0.616. The van der Waals surface area contributed by atoms with Crippen LogP contribution in [0.1, 0.15) is 29.9 Å². The van der Waals surface area contributed by atoms with Crippen molar-refractivity contribution in [2.75, 3.05) is 0 Å². The highest BCUT2D eigenvalue weighted by atomic mass is 32.1. The van der Waals surface area contributed by atoms with Crippen LogP contribution in [-0.2, 0) is 0 Å². The molecule has 3 aromatic rings. The lowest BCUT2D eigenvalue weighted by Gasteiger charge is -2.11. The fourth-order valence-corrected chi connectivity index (χ4v) is 3.81. The van der Waals surface area contributed by atoms with Gasteiger partial charge in [-0.3, -0.25) is 18.4 Å². The average Bonchev–Trinajstić information content (AvgIpc) is 3.15. The lowest BCUT2D eigenvalue weighted by Crippen LogP contribution is -2.20. The van der Waals surface area contributed by atoms with Crippen molar-refractivity contribution >= 4 is 27.1 Å². The number of nitrogens with one attached hydrogen (secondary N) is 1. The third kappa shape index (κ3) is 1.45. The van der Waals surface area contributed by atoms with Gasteiger partial charge in [-0.05, 0) is 42.9 Å². The van der Waals surface area contributed by atoms with Gasteiger partial charge in [0.25, 0.3) is 11.1 Å². The Hall–Kier alpha value is -1.95. The summed E-state index contributed by atoms with van der Waals surface area (Å²) in [5.41, 5.74) is 1.67. The van der Waals surface area contributed by atoms with Crippen molar-refractivity contribution in [2.45, 2.75) is 25.7 Å². The molecule has 3 heterocycles. The van der Waals surface area contributed by atoms with Crippen LogP contribution in [0.15, 0.2) is 21.9 Å². The summed E-state index contributed by atoms with van der Waals surface area (Å²) in [6.45, 7) is 1.80. The Labute approximate surface area is 116 Å². The van der Waals surface area contributed by atoms with Crippen LogP contribution in [0.5, 0.6) is 0 Å². The maximum Gasteiger partial charge on any atom is 0.271 e. The molecule has 0 atom stereocenters. The predicted octanol–water partition coefficient (Wildman–Crippen LogP) is 2.53. The fraction of sp³-hybridized carbons (Fsp3) is 0.286. The molecule has 0 spiro atoms. The van der Waals surface area contributed by atoms with Crippen LogP contribution in [0, 0.1) is 12.7 Å². The van der Waals surface area contributed by atoms with E-state index in [4.69, 9.17) is 0 Å². The largest absolute Gasteiger partial charge is 0.280 e. The van der Waals surface area contributed by atoms with Crippen LogP contribution in [0.3, 0.4) is 0 Å². The summed E-state index contributed by atoms with van der Waals surface area (Å²) in [4.78, 5) is 24.3. The third-order valence-corrected chi connectivity index (χ3v) is 4.75. The molecule has 1 aliphatic carbocycles. The van der Waals surface area contributed by atoms with E-state index in [1.807, 2.05) is 0 Å². The quantitative estimate of drug-likeness (QED) is 0.748. The topological polar surface area (TPSA) is 54.3 Å². The molecular weight excluding hydrogens is 279 g/mol. The van der Waals surface area contributed by atoms with E-state index < -0.39 is 11.4 Å². The second-order valence-corrected chi connectivity index (χ2v) is 6.11. The monoisotopic (exact) mass is 290 g/mol. The van der Waals surface area contributed by atoms with E-state index in [2.05, 4.69) is 4.37 Å².